The number of hydrogen-bond acceptors (Lipinski definition) is 4. The lowest BCUT2D eigenvalue weighted by Gasteiger charge is -2.09. The second-order valence-corrected chi connectivity index (χ2v) is 6.16. The van der Waals surface area contributed by atoms with E-state index in [2.05, 4.69) is 15.9 Å². The number of nitro groups is 1. The van der Waals surface area contributed by atoms with E-state index >= 15 is 0 Å². The first kappa shape index (κ1) is 14.9. The first-order valence-corrected chi connectivity index (χ1v) is 7.67. The SMILES string of the molecule is Cc1c(N)cccc1SCc1ccc([N+](=O)[O-])cc1Br. The molecule has 0 fully saturated rings. The van der Waals surface area contributed by atoms with E-state index in [0.717, 1.165) is 31.9 Å². The Bertz CT molecular complexity index is 662. The summed E-state index contributed by atoms with van der Waals surface area (Å²) in [6, 6.07) is 10.7. The standard InChI is InChI=1S/C14H13BrN2O2S/c1-9-13(16)3-2-4-14(9)20-8-10-5-6-11(17(18)19)7-12(10)15/h2-7H,8,16H2,1H3. The molecule has 2 aromatic rings. The Morgan fingerprint density at radius 1 is 1.35 bits per heavy atom. The normalized spacial score (nSPS) is 10.5. The van der Waals surface area contributed by atoms with E-state index in [-0.39, 0.29) is 5.69 Å². The van der Waals surface area contributed by atoms with Crippen LogP contribution >= 0.6 is 27.7 Å². The molecule has 0 aromatic heterocycles. The van der Waals surface area contributed by atoms with E-state index < -0.39 is 4.92 Å². The molecule has 2 aromatic carbocycles. The van der Waals surface area contributed by atoms with E-state index in [4.69, 9.17) is 5.73 Å². The highest BCUT2D eigenvalue weighted by atomic mass is 79.9. The molecule has 2 N–H and O–H groups in total. The van der Waals surface area contributed by atoms with Crippen molar-refractivity contribution >= 4 is 39.1 Å². The fraction of sp³-hybridized carbons (Fsp3) is 0.143. The van der Waals surface area contributed by atoms with Gasteiger partial charge in [0.05, 0.1) is 4.92 Å². The Hall–Kier alpha value is -1.53. The minimum atomic E-state index is -0.399. The molecule has 0 heterocycles. The number of rotatable bonds is 4. The van der Waals surface area contributed by atoms with Crippen LogP contribution in [0.3, 0.4) is 0 Å². The van der Waals surface area contributed by atoms with Gasteiger partial charge in [-0.15, -0.1) is 11.8 Å². The van der Waals surface area contributed by atoms with E-state index in [1.807, 2.05) is 25.1 Å². The fourth-order valence-electron chi connectivity index (χ4n) is 1.71. The summed E-state index contributed by atoms with van der Waals surface area (Å²) in [6.07, 6.45) is 0. The number of nitrogen functional groups attached to an aromatic ring is 1. The number of nitrogens with two attached hydrogens (primary N) is 1. The molecule has 104 valence electrons. The Morgan fingerprint density at radius 3 is 2.75 bits per heavy atom. The van der Waals surface area contributed by atoms with Crippen LogP contribution in [0.25, 0.3) is 0 Å². The third-order valence-electron chi connectivity index (χ3n) is 2.96. The van der Waals surface area contributed by atoms with Gasteiger partial charge in [0.15, 0.2) is 0 Å². The molecule has 20 heavy (non-hydrogen) atoms. The average molecular weight is 353 g/mol. The Balaban J connectivity index is 2.15. The summed E-state index contributed by atoms with van der Waals surface area (Å²) in [6.45, 7) is 1.99. The van der Waals surface area contributed by atoms with Crippen LogP contribution in [0.2, 0.25) is 0 Å². The van der Waals surface area contributed by atoms with Crippen LogP contribution in [0.1, 0.15) is 11.1 Å². The lowest BCUT2D eigenvalue weighted by molar-refractivity contribution is -0.384. The summed E-state index contributed by atoms with van der Waals surface area (Å²) in [5.74, 6) is 0.725. The molecular weight excluding hydrogens is 340 g/mol. The molecule has 0 amide bonds. The van der Waals surface area contributed by atoms with Gasteiger partial charge in [0.2, 0.25) is 0 Å². The third kappa shape index (κ3) is 3.32. The van der Waals surface area contributed by atoms with Crippen LogP contribution in [0, 0.1) is 17.0 Å². The van der Waals surface area contributed by atoms with Crippen LogP contribution in [0.15, 0.2) is 45.8 Å². The van der Waals surface area contributed by atoms with Crippen molar-refractivity contribution in [3.8, 4) is 0 Å². The summed E-state index contributed by atoms with van der Waals surface area (Å²) in [4.78, 5) is 11.4. The molecule has 0 aliphatic rings. The number of nitrogens with zero attached hydrogens (tertiary/aromatic N) is 1. The smallest absolute Gasteiger partial charge is 0.270 e. The van der Waals surface area contributed by atoms with Gasteiger partial charge in [0, 0.05) is 32.9 Å². The van der Waals surface area contributed by atoms with Gasteiger partial charge in [0.25, 0.3) is 5.69 Å². The molecule has 4 nitrogen and oxygen atoms in total. The quantitative estimate of drug-likeness (QED) is 0.379. The van der Waals surface area contributed by atoms with Crippen molar-refractivity contribution in [3.05, 3.63) is 62.1 Å². The molecule has 0 saturated heterocycles. The van der Waals surface area contributed by atoms with Gasteiger partial charge in [0.1, 0.15) is 0 Å². The van der Waals surface area contributed by atoms with Crippen molar-refractivity contribution in [2.24, 2.45) is 0 Å². The van der Waals surface area contributed by atoms with Crippen LogP contribution < -0.4 is 5.73 Å². The Kier molecular flexibility index (Phi) is 4.67. The van der Waals surface area contributed by atoms with Gasteiger partial charge in [-0.2, -0.15) is 0 Å². The predicted octanol–water partition coefficient (Wildman–Crippen LogP) is 4.54. The minimum absolute atomic E-state index is 0.0887. The number of thioether (sulfide) groups is 1. The van der Waals surface area contributed by atoms with Gasteiger partial charge < -0.3 is 5.73 Å². The highest BCUT2D eigenvalue weighted by Crippen LogP contribution is 2.32. The van der Waals surface area contributed by atoms with E-state index in [9.17, 15) is 10.1 Å². The Labute approximate surface area is 129 Å². The molecule has 0 spiro atoms. The van der Waals surface area contributed by atoms with Crippen LogP contribution in [-0.2, 0) is 5.75 Å². The molecule has 6 heteroatoms. The summed E-state index contributed by atoms with van der Waals surface area (Å²) in [5, 5.41) is 10.7. The second kappa shape index (κ2) is 6.28. The molecule has 0 unspecified atom stereocenters. The molecule has 0 aliphatic heterocycles. The van der Waals surface area contributed by atoms with Crippen molar-refractivity contribution in [1.29, 1.82) is 0 Å². The van der Waals surface area contributed by atoms with Gasteiger partial charge in [-0.3, -0.25) is 10.1 Å². The monoisotopic (exact) mass is 352 g/mol. The molecule has 0 aliphatic carbocycles. The third-order valence-corrected chi connectivity index (χ3v) is 4.90. The molecule has 0 saturated carbocycles. The van der Waals surface area contributed by atoms with E-state index in [1.54, 1.807) is 17.8 Å². The summed E-state index contributed by atoms with van der Waals surface area (Å²) < 4.78 is 0.751. The maximum atomic E-state index is 10.7. The first-order valence-electron chi connectivity index (χ1n) is 5.89. The zero-order chi connectivity index (χ0) is 14.7. The predicted molar refractivity (Wildman–Crippen MR) is 85.9 cm³/mol. The minimum Gasteiger partial charge on any atom is -0.398 e. The zero-order valence-electron chi connectivity index (χ0n) is 10.8. The maximum absolute atomic E-state index is 10.7. The zero-order valence-corrected chi connectivity index (χ0v) is 13.2. The van der Waals surface area contributed by atoms with Crippen molar-refractivity contribution in [1.82, 2.24) is 0 Å². The molecular formula is C14H13BrN2O2S. The van der Waals surface area contributed by atoms with Gasteiger partial charge >= 0.3 is 0 Å². The maximum Gasteiger partial charge on any atom is 0.270 e. The summed E-state index contributed by atoms with van der Waals surface area (Å²) in [7, 11) is 0. The van der Waals surface area contributed by atoms with Crippen molar-refractivity contribution in [3.63, 3.8) is 0 Å². The van der Waals surface area contributed by atoms with Gasteiger partial charge in [-0.1, -0.05) is 28.1 Å². The molecule has 0 bridgehead atoms. The number of hydrogen-bond donors (Lipinski definition) is 1. The van der Waals surface area contributed by atoms with Gasteiger partial charge in [-0.25, -0.2) is 0 Å². The highest BCUT2D eigenvalue weighted by Gasteiger charge is 2.10. The molecule has 0 radical (unpaired) electrons. The highest BCUT2D eigenvalue weighted by molar-refractivity contribution is 9.10. The number of halogens is 1. The average Bonchev–Trinajstić information content (AvgIpc) is 2.41. The van der Waals surface area contributed by atoms with Crippen LogP contribution in [0.5, 0.6) is 0 Å². The summed E-state index contributed by atoms with van der Waals surface area (Å²) >= 11 is 5.04. The number of benzene rings is 2. The first-order chi connectivity index (χ1) is 9.49. The lowest BCUT2D eigenvalue weighted by Crippen LogP contribution is -1.92. The van der Waals surface area contributed by atoms with E-state index in [1.165, 1.54) is 12.1 Å². The fourth-order valence-corrected chi connectivity index (χ4v) is 3.47. The van der Waals surface area contributed by atoms with Gasteiger partial charge in [-0.05, 0) is 30.2 Å². The largest absolute Gasteiger partial charge is 0.398 e. The summed E-state index contributed by atoms with van der Waals surface area (Å²) in [5.41, 5.74) is 8.82. The van der Waals surface area contributed by atoms with E-state index in [0.29, 0.717) is 0 Å². The van der Waals surface area contributed by atoms with Crippen LogP contribution in [-0.4, -0.2) is 4.92 Å². The lowest BCUT2D eigenvalue weighted by atomic mass is 10.2. The van der Waals surface area contributed by atoms with Crippen molar-refractivity contribution in [2.75, 3.05) is 5.73 Å². The number of nitro benzene ring substituents is 1. The molecule has 2 rings (SSSR count). The number of non-ortho nitro benzene ring substituents is 1. The second-order valence-electron chi connectivity index (χ2n) is 4.29. The number of anilines is 1. The van der Waals surface area contributed by atoms with Crippen molar-refractivity contribution in [2.45, 2.75) is 17.6 Å². The Morgan fingerprint density at radius 2 is 2.10 bits per heavy atom. The topological polar surface area (TPSA) is 69.2 Å². The van der Waals surface area contributed by atoms with Crippen molar-refractivity contribution < 1.29 is 4.92 Å². The van der Waals surface area contributed by atoms with Crippen LogP contribution in [0.4, 0.5) is 11.4 Å². The molecule has 0 atom stereocenters.